The number of aryl methyl sites for hydroxylation is 2. The predicted molar refractivity (Wildman–Crippen MR) is 75.4 cm³/mol. The van der Waals surface area contributed by atoms with Crippen molar-refractivity contribution in [2.45, 2.75) is 33.6 Å². The molecule has 94 valence electrons. The summed E-state index contributed by atoms with van der Waals surface area (Å²) < 4.78 is 0. The van der Waals surface area contributed by atoms with Crippen LogP contribution in [0.4, 0.5) is 5.82 Å². The van der Waals surface area contributed by atoms with Gasteiger partial charge in [0.05, 0.1) is 5.69 Å². The highest BCUT2D eigenvalue weighted by molar-refractivity contribution is 5.69. The maximum Gasteiger partial charge on any atom is 0.130 e. The summed E-state index contributed by atoms with van der Waals surface area (Å²) >= 11 is 0. The highest BCUT2D eigenvalue weighted by Crippen LogP contribution is 2.31. The third-order valence-electron chi connectivity index (χ3n) is 3.27. The molecular weight excluding hydrogens is 222 g/mol. The number of benzene rings is 1. The van der Waals surface area contributed by atoms with Gasteiger partial charge in [0, 0.05) is 11.1 Å². The summed E-state index contributed by atoms with van der Waals surface area (Å²) in [4.78, 5) is 8.50. The number of rotatable bonds is 2. The topological polar surface area (TPSA) is 51.8 Å². The summed E-state index contributed by atoms with van der Waals surface area (Å²) in [7, 11) is 0. The number of aromatic nitrogens is 2. The summed E-state index contributed by atoms with van der Waals surface area (Å²) in [6.07, 6.45) is 1.53. The van der Waals surface area contributed by atoms with Crippen LogP contribution in [0.15, 0.2) is 24.5 Å². The van der Waals surface area contributed by atoms with Crippen LogP contribution in [0.5, 0.6) is 0 Å². The molecule has 0 spiro atoms. The Kier molecular flexibility index (Phi) is 3.32. The van der Waals surface area contributed by atoms with E-state index in [1.165, 1.54) is 17.5 Å². The van der Waals surface area contributed by atoms with E-state index in [0.717, 1.165) is 16.8 Å². The second kappa shape index (κ2) is 4.77. The molecule has 0 amide bonds. The maximum atomic E-state index is 5.98. The molecule has 0 radical (unpaired) electrons. The zero-order chi connectivity index (χ0) is 13.3. The first-order valence-electron chi connectivity index (χ1n) is 6.18. The van der Waals surface area contributed by atoms with Gasteiger partial charge in [0.15, 0.2) is 0 Å². The van der Waals surface area contributed by atoms with E-state index in [9.17, 15) is 0 Å². The molecule has 0 saturated heterocycles. The van der Waals surface area contributed by atoms with Crippen LogP contribution >= 0.6 is 0 Å². The lowest BCUT2D eigenvalue weighted by molar-refractivity contribution is 0.854. The third-order valence-corrected chi connectivity index (χ3v) is 3.27. The molecule has 0 unspecified atom stereocenters. The molecule has 0 aliphatic heterocycles. The molecule has 0 bridgehead atoms. The molecule has 0 fully saturated rings. The molecule has 2 N–H and O–H groups in total. The van der Waals surface area contributed by atoms with Crippen LogP contribution in [0.2, 0.25) is 0 Å². The molecule has 1 heterocycles. The molecule has 0 atom stereocenters. The summed E-state index contributed by atoms with van der Waals surface area (Å²) in [5.74, 6) is 0.885. The smallest absolute Gasteiger partial charge is 0.130 e. The molecule has 0 saturated carbocycles. The van der Waals surface area contributed by atoms with Crippen LogP contribution in [-0.2, 0) is 0 Å². The van der Waals surface area contributed by atoms with E-state index in [1.54, 1.807) is 0 Å². The summed E-state index contributed by atoms with van der Waals surface area (Å²) in [5.41, 5.74) is 11.6. The number of hydrogen-bond acceptors (Lipinski definition) is 3. The lowest BCUT2D eigenvalue weighted by Crippen LogP contribution is -2.04. The first kappa shape index (κ1) is 12.6. The monoisotopic (exact) mass is 241 g/mol. The van der Waals surface area contributed by atoms with Gasteiger partial charge in [0.2, 0.25) is 0 Å². The maximum absolute atomic E-state index is 5.98. The Labute approximate surface area is 108 Å². The van der Waals surface area contributed by atoms with Crippen molar-refractivity contribution in [1.82, 2.24) is 9.97 Å². The fraction of sp³-hybridized carbons (Fsp3) is 0.333. The molecule has 3 heteroatoms. The molecule has 2 aromatic rings. The minimum absolute atomic E-state index is 0.308. The van der Waals surface area contributed by atoms with Crippen molar-refractivity contribution in [3.63, 3.8) is 0 Å². The van der Waals surface area contributed by atoms with Crippen LogP contribution < -0.4 is 5.73 Å². The highest BCUT2D eigenvalue weighted by atomic mass is 14.9. The van der Waals surface area contributed by atoms with E-state index in [1.807, 2.05) is 0 Å². The van der Waals surface area contributed by atoms with Gasteiger partial charge in [-0.05, 0) is 37.0 Å². The Morgan fingerprint density at radius 3 is 2.39 bits per heavy atom. The van der Waals surface area contributed by atoms with Crippen molar-refractivity contribution in [2.24, 2.45) is 0 Å². The Balaban J connectivity index is 2.63. The lowest BCUT2D eigenvalue weighted by atomic mass is 9.95. The van der Waals surface area contributed by atoms with Crippen LogP contribution in [0.1, 0.15) is 36.5 Å². The van der Waals surface area contributed by atoms with Crippen LogP contribution in [0.25, 0.3) is 11.3 Å². The van der Waals surface area contributed by atoms with Gasteiger partial charge in [0.25, 0.3) is 0 Å². The Hall–Kier alpha value is -1.90. The van der Waals surface area contributed by atoms with Gasteiger partial charge in [-0.3, -0.25) is 0 Å². The first-order chi connectivity index (χ1) is 8.50. The summed E-state index contributed by atoms with van der Waals surface area (Å²) in [5, 5.41) is 0. The zero-order valence-corrected chi connectivity index (χ0v) is 11.4. The molecule has 18 heavy (non-hydrogen) atoms. The quantitative estimate of drug-likeness (QED) is 0.876. The zero-order valence-electron chi connectivity index (χ0n) is 11.4. The van der Waals surface area contributed by atoms with Gasteiger partial charge >= 0.3 is 0 Å². The minimum atomic E-state index is 0.308. The van der Waals surface area contributed by atoms with Gasteiger partial charge in [-0.15, -0.1) is 0 Å². The van der Waals surface area contributed by atoms with Crippen molar-refractivity contribution in [3.8, 4) is 11.3 Å². The number of hydrogen-bond donors (Lipinski definition) is 1. The fourth-order valence-electron chi connectivity index (χ4n) is 2.10. The van der Waals surface area contributed by atoms with E-state index < -0.39 is 0 Å². The largest absolute Gasteiger partial charge is 0.383 e. The molecule has 0 aliphatic carbocycles. The van der Waals surface area contributed by atoms with E-state index in [-0.39, 0.29) is 0 Å². The van der Waals surface area contributed by atoms with E-state index >= 15 is 0 Å². The van der Waals surface area contributed by atoms with Crippen molar-refractivity contribution in [1.29, 1.82) is 0 Å². The third kappa shape index (κ3) is 2.21. The van der Waals surface area contributed by atoms with Gasteiger partial charge in [-0.25, -0.2) is 9.97 Å². The predicted octanol–water partition coefficient (Wildman–Crippen LogP) is 3.47. The fourth-order valence-corrected chi connectivity index (χ4v) is 2.10. The second-order valence-corrected chi connectivity index (χ2v) is 4.97. The van der Waals surface area contributed by atoms with E-state index in [4.69, 9.17) is 5.73 Å². The minimum Gasteiger partial charge on any atom is -0.383 e. The van der Waals surface area contributed by atoms with Gasteiger partial charge in [0.1, 0.15) is 12.1 Å². The SMILES string of the molecule is Cc1ccc(-c2ncnc(N)c2C(C)C)cc1C. The van der Waals surface area contributed by atoms with Crippen molar-refractivity contribution in [2.75, 3.05) is 5.73 Å². The average Bonchev–Trinajstić information content (AvgIpc) is 2.32. The molecule has 1 aromatic carbocycles. The van der Waals surface area contributed by atoms with Gasteiger partial charge in [-0.1, -0.05) is 26.0 Å². The molecule has 0 aliphatic rings. The normalized spacial score (nSPS) is 10.9. The number of nitrogen functional groups attached to an aromatic ring is 1. The molecule has 2 rings (SSSR count). The van der Waals surface area contributed by atoms with Gasteiger partial charge < -0.3 is 5.73 Å². The standard InChI is InChI=1S/C15H19N3/c1-9(2)13-14(17-8-18-15(13)16)12-6-5-10(3)11(4)7-12/h5-9H,1-4H3,(H2,16,17,18). The van der Waals surface area contributed by atoms with Crippen LogP contribution in [0, 0.1) is 13.8 Å². The lowest BCUT2D eigenvalue weighted by Gasteiger charge is -2.14. The van der Waals surface area contributed by atoms with E-state index in [0.29, 0.717) is 11.7 Å². The molecule has 3 nitrogen and oxygen atoms in total. The summed E-state index contributed by atoms with van der Waals surface area (Å²) in [6.45, 7) is 8.44. The van der Waals surface area contributed by atoms with Crippen molar-refractivity contribution < 1.29 is 0 Å². The number of nitrogens with zero attached hydrogens (tertiary/aromatic N) is 2. The Morgan fingerprint density at radius 2 is 1.78 bits per heavy atom. The van der Waals surface area contributed by atoms with Crippen molar-refractivity contribution in [3.05, 3.63) is 41.2 Å². The Bertz CT molecular complexity index is 574. The molecule has 1 aromatic heterocycles. The molecular formula is C15H19N3. The highest BCUT2D eigenvalue weighted by Gasteiger charge is 2.14. The van der Waals surface area contributed by atoms with Crippen LogP contribution in [-0.4, -0.2) is 9.97 Å². The van der Waals surface area contributed by atoms with Crippen molar-refractivity contribution >= 4 is 5.82 Å². The van der Waals surface area contributed by atoms with Gasteiger partial charge in [-0.2, -0.15) is 0 Å². The average molecular weight is 241 g/mol. The van der Waals surface area contributed by atoms with Crippen LogP contribution in [0.3, 0.4) is 0 Å². The number of nitrogens with two attached hydrogens (primary N) is 1. The second-order valence-electron chi connectivity index (χ2n) is 4.97. The summed E-state index contributed by atoms with van der Waals surface area (Å²) in [6, 6.07) is 6.37. The number of anilines is 1. The van der Waals surface area contributed by atoms with E-state index in [2.05, 4.69) is 55.9 Å². The Morgan fingerprint density at radius 1 is 1.06 bits per heavy atom. The first-order valence-corrected chi connectivity index (χ1v) is 6.18.